The van der Waals surface area contributed by atoms with Gasteiger partial charge in [-0.05, 0) is 19.4 Å². The summed E-state index contributed by atoms with van der Waals surface area (Å²) in [5, 5.41) is 3.26. The summed E-state index contributed by atoms with van der Waals surface area (Å²) in [6.07, 6.45) is 3.84. The van der Waals surface area contributed by atoms with E-state index in [2.05, 4.69) is 15.3 Å². The highest BCUT2D eigenvalue weighted by Crippen LogP contribution is 2.22. The molecule has 0 radical (unpaired) electrons. The molecular weight excluding hydrogens is 226 g/mol. The fourth-order valence-electron chi connectivity index (χ4n) is 1.88. The van der Waals surface area contributed by atoms with Crippen molar-refractivity contribution in [2.24, 2.45) is 0 Å². The van der Waals surface area contributed by atoms with Gasteiger partial charge in [0, 0.05) is 18.3 Å². The van der Waals surface area contributed by atoms with Gasteiger partial charge in [0.15, 0.2) is 9.84 Å². The first kappa shape index (κ1) is 11.5. The fraction of sp³-hybridized carbons (Fsp3) is 0.600. The van der Waals surface area contributed by atoms with Gasteiger partial charge in [0.05, 0.1) is 17.2 Å². The minimum atomic E-state index is -2.85. The van der Waals surface area contributed by atoms with E-state index >= 15 is 0 Å². The van der Waals surface area contributed by atoms with Crippen LogP contribution < -0.4 is 5.32 Å². The quantitative estimate of drug-likeness (QED) is 0.815. The summed E-state index contributed by atoms with van der Waals surface area (Å²) in [5.41, 5.74) is 0.560. The smallest absolute Gasteiger partial charge is 0.152 e. The predicted molar refractivity (Wildman–Crippen MR) is 60.5 cm³/mol. The van der Waals surface area contributed by atoms with Crippen LogP contribution in [0.2, 0.25) is 0 Å². The van der Waals surface area contributed by atoms with Crippen LogP contribution in [-0.4, -0.2) is 35.4 Å². The lowest BCUT2D eigenvalue weighted by atomic mass is 10.0. The molecule has 6 heteroatoms. The first-order valence-corrected chi connectivity index (χ1v) is 7.02. The number of nitrogens with zero attached hydrogens (tertiary/aromatic N) is 2. The topological polar surface area (TPSA) is 72.0 Å². The highest BCUT2D eigenvalue weighted by Gasteiger charge is 2.37. The molecule has 5 nitrogen and oxygen atoms in total. The van der Waals surface area contributed by atoms with E-state index in [1.807, 2.05) is 13.0 Å². The number of aromatic nitrogens is 2. The first-order valence-electron chi connectivity index (χ1n) is 5.20. The van der Waals surface area contributed by atoms with E-state index in [0.29, 0.717) is 13.0 Å². The van der Waals surface area contributed by atoms with Crippen molar-refractivity contribution in [3.05, 3.63) is 24.3 Å². The van der Waals surface area contributed by atoms with Crippen LogP contribution in [-0.2, 0) is 16.4 Å². The number of hydrogen-bond acceptors (Lipinski definition) is 5. The van der Waals surface area contributed by atoms with Crippen LogP contribution in [0.3, 0.4) is 0 Å². The van der Waals surface area contributed by atoms with Crippen molar-refractivity contribution >= 4 is 9.84 Å². The van der Waals surface area contributed by atoms with Gasteiger partial charge in [0.1, 0.15) is 6.33 Å². The number of hydrogen-bond donors (Lipinski definition) is 1. The summed E-state index contributed by atoms with van der Waals surface area (Å²) in [4.78, 5) is 7.91. The Morgan fingerprint density at radius 1 is 1.56 bits per heavy atom. The molecule has 0 saturated carbocycles. The van der Waals surface area contributed by atoms with E-state index in [4.69, 9.17) is 0 Å². The molecule has 16 heavy (non-hydrogen) atoms. The molecule has 0 spiro atoms. The lowest BCUT2D eigenvalue weighted by molar-refractivity contribution is 0.393. The summed E-state index contributed by atoms with van der Waals surface area (Å²) in [6.45, 7) is 2.52. The van der Waals surface area contributed by atoms with Crippen LogP contribution in [0.1, 0.15) is 19.0 Å². The third-order valence-electron chi connectivity index (χ3n) is 2.84. The molecule has 1 atom stereocenters. The maximum Gasteiger partial charge on any atom is 0.152 e. The largest absolute Gasteiger partial charge is 0.305 e. The number of sulfone groups is 1. The second-order valence-corrected chi connectivity index (χ2v) is 6.64. The van der Waals surface area contributed by atoms with Gasteiger partial charge in [0.25, 0.3) is 0 Å². The molecule has 1 aromatic heterocycles. The van der Waals surface area contributed by atoms with E-state index in [-0.39, 0.29) is 17.0 Å². The molecule has 1 aromatic rings. The summed E-state index contributed by atoms with van der Waals surface area (Å²) in [6, 6.07) is 1.82. The summed E-state index contributed by atoms with van der Waals surface area (Å²) in [7, 11) is -2.85. The van der Waals surface area contributed by atoms with Crippen LogP contribution in [0, 0.1) is 0 Å². The molecule has 1 aliphatic rings. The molecular formula is C10H15N3O2S. The predicted octanol–water partition coefficient (Wildman–Crippen LogP) is 0.143. The first-order chi connectivity index (χ1) is 7.49. The van der Waals surface area contributed by atoms with Gasteiger partial charge >= 0.3 is 0 Å². The number of nitrogens with one attached hydrogen (secondary N) is 1. The van der Waals surface area contributed by atoms with Gasteiger partial charge < -0.3 is 5.32 Å². The summed E-state index contributed by atoms with van der Waals surface area (Å²) >= 11 is 0. The van der Waals surface area contributed by atoms with E-state index in [1.165, 1.54) is 6.33 Å². The monoisotopic (exact) mass is 241 g/mol. The second kappa shape index (κ2) is 4.10. The normalized spacial score (nSPS) is 28.1. The molecule has 1 N–H and O–H groups in total. The average molecular weight is 241 g/mol. The molecule has 0 aromatic carbocycles. The summed E-state index contributed by atoms with van der Waals surface area (Å²) in [5.74, 6) is 0.491. The van der Waals surface area contributed by atoms with Gasteiger partial charge in [-0.25, -0.2) is 18.4 Å². The lowest BCUT2D eigenvalue weighted by Crippen LogP contribution is -2.42. The van der Waals surface area contributed by atoms with Crippen molar-refractivity contribution in [1.82, 2.24) is 15.3 Å². The zero-order valence-electron chi connectivity index (χ0n) is 9.18. The molecule has 2 rings (SSSR count). The Labute approximate surface area is 95.2 Å². The highest BCUT2D eigenvalue weighted by atomic mass is 32.2. The van der Waals surface area contributed by atoms with Crippen LogP contribution in [0.4, 0.5) is 0 Å². The van der Waals surface area contributed by atoms with Gasteiger partial charge in [-0.3, -0.25) is 0 Å². The Morgan fingerprint density at radius 2 is 2.38 bits per heavy atom. The van der Waals surface area contributed by atoms with E-state index < -0.39 is 9.84 Å². The van der Waals surface area contributed by atoms with Crippen molar-refractivity contribution in [1.29, 1.82) is 0 Å². The standard InChI is InChI=1S/C10H15N3O2S/c1-10(3-5-16(14,15)7-10)13-6-9-2-4-11-8-12-9/h2,4,8,13H,3,5-7H2,1H3. The van der Waals surface area contributed by atoms with Crippen molar-refractivity contribution in [3.8, 4) is 0 Å². The molecule has 0 aliphatic carbocycles. The SMILES string of the molecule is CC1(NCc2ccncn2)CCS(=O)(=O)C1. The Kier molecular flexibility index (Phi) is 2.94. The maximum atomic E-state index is 11.4. The van der Waals surface area contributed by atoms with Gasteiger partial charge in [-0.15, -0.1) is 0 Å². The molecule has 1 saturated heterocycles. The van der Waals surface area contributed by atoms with E-state index in [0.717, 1.165) is 5.69 Å². The van der Waals surface area contributed by atoms with Crippen molar-refractivity contribution in [2.75, 3.05) is 11.5 Å². The maximum absolute atomic E-state index is 11.4. The molecule has 1 aliphatic heterocycles. The van der Waals surface area contributed by atoms with Crippen LogP contribution in [0.15, 0.2) is 18.6 Å². The lowest BCUT2D eigenvalue weighted by Gasteiger charge is -2.23. The third-order valence-corrected chi connectivity index (χ3v) is 4.75. The van der Waals surface area contributed by atoms with Crippen molar-refractivity contribution < 1.29 is 8.42 Å². The molecule has 88 valence electrons. The fourth-order valence-corrected chi connectivity index (χ4v) is 4.00. The Hall–Kier alpha value is -1.01. The van der Waals surface area contributed by atoms with Gasteiger partial charge in [-0.2, -0.15) is 0 Å². The Balaban J connectivity index is 1.96. The van der Waals surface area contributed by atoms with Crippen molar-refractivity contribution in [3.63, 3.8) is 0 Å². The van der Waals surface area contributed by atoms with Crippen LogP contribution in [0.5, 0.6) is 0 Å². The Morgan fingerprint density at radius 3 is 2.94 bits per heavy atom. The molecule has 1 unspecified atom stereocenters. The van der Waals surface area contributed by atoms with Gasteiger partial charge in [0.2, 0.25) is 0 Å². The third kappa shape index (κ3) is 2.76. The molecule has 0 amide bonds. The number of rotatable bonds is 3. The zero-order chi connectivity index (χ0) is 11.6. The van der Waals surface area contributed by atoms with Crippen molar-refractivity contribution in [2.45, 2.75) is 25.4 Å². The Bertz CT molecular complexity index is 460. The minimum Gasteiger partial charge on any atom is -0.305 e. The highest BCUT2D eigenvalue weighted by molar-refractivity contribution is 7.91. The summed E-state index contributed by atoms with van der Waals surface area (Å²) < 4.78 is 22.8. The van der Waals surface area contributed by atoms with Crippen LogP contribution >= 0.6 is 0 Å². The van der Waals surface area contributed by atoms with Gasteiger partial charge in [-0.1, -0.05) is 0 Å². The molecule has 2 heterocycles. The second-order valence-electron chi connectivity index (χ2n) is 4.46. The molecule has 0 bridgehead atoms. The van der Waals surface area contributed by atoms with E-state index in [1.54, 1.807) is 6.20 Å². The van der Waals surface area contributed by atoms with E-state index in [9.17, 15) is 8.42 Å². The van der Waals surface area contributed by atoms with Crippen LogP contribution in [0.25, 0.3) is 0 Å². The minimum absolute atomic E-state index is 0.213. The average Bonchev–Trinajstić information content (AvgIpc) is 2.53. The molecule has 1 fully saturated rings. The zero-order valence-corrected chi connectivity index (χ0v) is 10.00.